The maximum atomic E-state index is 11.9. The summed E-state index contributed by atoms with van der Waals surface area (Å²) in [4.78, 5) is 17.1. The largest absolute Gasteiger partial charge is 0.335 e. The number of halogens is 1. The average molecular weight is 314 g/mol. The van der Waals surface area contributed by atoms with E-state index in [4.69, 9.17) is 5.73 Å². The van der Waals surface area contributed by atoms with Crippen LogP contribution in [0, 0.1) is 0 Å². The molecule has 0 fully saturated rings. The van der Waals surface area contributed by atoms with Gasteiger partial charge in [-0.3, -0.25) is 4.79 Å². The highest BCUT2D eigenvalue weighted by atomic mass is 79.9. The molecular weight excluding hydrogens is 302 g/mol. The first-order valence-corrected chi connectivity index (χ1v) is 6.79. The molecule has 2 rings (SSSR count). The van der Waals surface area contributed by atoms with Crippen LogP contribution in [0.5, 0.6) is 0 Å². The smallest absolute Gasteiger partial charge is 0.187 e. The van der Waals surface area contributed by atoms with Gasteiger partial charge in [-0.2, -0.15) is 0 Å². The highest BCUT2D eigenvalue weighted by molar-refractivity contribution is 9.11. The average Bonchev–Trinajstić information content (AvgIpc) is 2.88. The standard InChI is InChI=1S/C11H12BrN3OS/c12-11-2-1-8(17-11)5-10(16)9-6-15(4-3-13)7-14-9/h1-2,6-7H,3-5,13H2. The molecule has 6 heteroatoms. The third kappa shape index (κ3) is 3.24. The van der Waals surface area contributed by atoms with E-state index in [2.05, 4.69) is 20.9 Å². The number of nitrogens with zero attached hydrogens (tertiary/aromatic N) is 2. The van der Waals surface area contributed by atoms with Crippen molar-refractivity contribution in [3.63, 3.8) is 0 Å². The first-order valence-electron chi connectivity index (χ1n) is 5.18. The van der Waals surface area contributed by atoms with Crippen LogP contribution in [0.3, 0.4) is 0 Å². The lowest BCUT2D eigenvalue weighted by Crippen LogP contribution is -2.08. The van der Waals surface area contributed by atoms with Gasteiger partial charge in [0.1, 0.15) is 5.69 Å². The van der Waals surface area contributed by atoms with E-state index in [9.17, 15) is 4.79 Å². The molecule has 90 valence electrons. The minimum Gasteiger partial charge on any atom is -0.335 e. The Morgan fingerprint density at radius 3 is 3.00 bits per heavy atom. The van der Waals surface area contributed by atoms with Crippen molar-refractivity contribution in [2.75, 3.05) is 6.54 Å². The lowest BCUT2D eigenvalue weighted by atomic mass is 10.2. The zero-order chi connectivity index (χ0) is 12.3. The van der Waals surface area contributed by atoms with E-state index in [0.29, 0.717) is 25.2 Å². The van der Waals surface area contributed by atoms with Gasteiger partial charge in [-0.05, 0) is 28.1 Å². The number of nitrogens with two attached hydrogens (primary N) is 1. The number of Topliss-reactive ketones (excluding diaryl/α,β-unsaturated/α-hetero) is 1. The zero-order valence-electron chi connectivity index (χ0n) is 9.10. The van der Waals surface area contributed by atoms with E-state index in [1.54, 1.807) is 23.9 Å². The molecule has 0 unspecified atom stereocenters. The third-order valence-corrected chi connectivity index (χ3v) is 3.89. The van der Waals surface area contributed by atoms with Gasteiger partial charge in [-0.15, -0.1) is 11.3 Å². The fourth-order valence-corrected chi connectivity index (χ4v) is 2.95. The second-order valence-electron chi connectivity index (χ2n) is 3.59. The summed E-state index contributed by atoms with van der Waals surface area (Å²) < 4.78 is 2.87. The quantitative estimate of drug-likeness (QED) is 0.860. The van der Waals surface area contributed by atoms with Crippen molar-refractivity contribution in [1.82, 2.24) is 9.55 Å². The molecule has 0 spiro atoms. The first-order chi connectivity index (χ1) is 8.19. The van der Waals surface area contributed by atoms with Gasteiger partial charge in [0.2, 0.25) is 0 Å². The van der Waals surface area contributed by atoms with Crippen LogP contribution in [0.15, 0.2) is 28.4 Å². The Labute approximate surface area is 112 Å². The van der Waals surface area contributed by atoms with Gasteiger partial charge in [0, 0.05) is 30.6 Å². The van der Waals surface area contributed by atoms with E-state index in [0.717, 1.165) is 8.66 Å². The molecule has 0 atom stereocenters. The monoisotopic (exact) mass is 313 g/mol. The van der Waals surface area contributed by atoms with Gasteiger partial charge in [0.15, 0.2) is 5.78 Å². The second-order valence-corrected chi connectivity index (χ2v) is 6.14. The second kappa shape index (κ2) is 5.57. The van der Waals surface area contributed by atoms with Crippen LogP contribution in [0.4, 0.5) is 0 Å². The lowest BCUT2D eigenvalue weighted by molar-refractivity contribution is 0.0989. The molecule has 4 nitrogen and oxygen atoms in total. The summed E-state index contributed by atoms with van der Waals surface area (Å²) in [6.45, 7) is 1.23. The van der Waals surface area contributed by atoms with E-state index in [1.807, 2.05) is 16.7 Å². The summed E-state index contributed by atoms with van der Waals surface area (Å²) in [5.41, 5.74) is 5.94. The fourth-order valence-electron chi connectivity index (χ4n) is 1.47. The van der Waals surface area contributed by atoms with Gasteiger partial charge in [0.25, 0.3) is 0 Å². The fraction of sp³-hybridized carbons (Fsp3) is 0.273. The molecule has 2 aromatic heterocycles. The molecule has 0 aromatic carbocycles. The van der Waals surface area contributed by atoms with Crippen LogP contribution in [-0.4, -0.2) is 21.9 Å². The Morgan fingerprint density at radius 1 is 1.53 bits per heavy atom. The van der Waals surface area contributed by atoms with Crippen molar-refractivity contribution >= 4 is 33.0 Å². The topological polar surface area (TPSA) is 60.9 Å². The molecule has 0 saturated heterocycles. The Morgan fingerprint density at radius 2 is 2.35 bits per heavy atom. The van der Waals surface area contributed by atoms with E-state index < -0.39 is 0 Å². The summed E-state index contributed by atoms with van der Waals surface area (Å²) in [5, 5.41) is 0. The molecule has 0 aliphatic rings. The van der Waals surface area contributed by atoms with Gasteiger partial charge in [-0.25, -0.2) is 4.98 Å². The summed E-state index contributed by atoms with van der Waals surface area (Å²) in [6.07, 6.45) is 3.79. The van der Waals surface area contributed by atoms with Gasteiger partial charge < -0.3 is 10.3 Å². The molecule has 0 amide bonds. The first kappa shape index (κ1) is 12.5. The Balaban J connectivity index is 2.03. The van der Waals surface area contributed by atoms with Crippen LogP contribution in [0.2, 0.25) is 0 Å². The van der Waals surface area contributed by atoms with Gasteiger partial charge >= 0.3 is 0 Å². The maximum absolute atomic E-state index is 11.9. The molecule has 17 heavy (non-hydrogen) atoms. The van der Waals surface area contributed by atoms with Crippen molar-refractivity contribution in [1.29, 1.82) is 0 Å². The number of hydrogen-bond acceptors (Lipinski definition) is 4. The van der Waals surface area contributed by atoms with Gasteiger partial charge in [-0.1, -0.05) is 0 Å². The van der Waals surface area contributed by atoms with Crippen LogP contribution in [0.25, 0.3) is 0 Å². The maximum Gasteiger partial charge on any atom is 0.187 e. The predicted molar refractivity (Wildman–Crippen MR) is 71.3 cm³/mol. The summed E-state index contributed by atoms with van der Waals surface area (Å²) in [5.74, 6) is 0.0371. The number of imidazole rings is 1. The number of rotatable bonds is 5. The van der Waals surface area contributed by atoms with Crippen LogP contribution in [-0.2, 0) is 13.0 Å². The van der Waals surface area contributed by atoms with Crippen molar-refractivity contribution in [2.24, 2.45) is 5.73 Å². The molecule has 0 aliphatic carbocycles. The molecule has 0 saturated carbocycles. The van der Waals surface area contributed by atoms with E-state index in [-0.39, 0.29) is 5.78 Å². The molecule has 2 aromatic rings. The summed E-state index contributed by atoms with van der Waals surface area (Å²) in [6, 6.07) is 3.89. The van der Waals surface area contributed by atoms with E-state index in [1.165, 1.54) is 0 Å². The Bertz CT molecular complexity index is 520. The Hall–Kier alpha value is -0.980. The molecular formula is C11H12BrN3OS. The predicted octanol–water partition coefficient (Wildman–Crippen LogP) is 2.09. The van der Waals surface area contributed by atoms with E-state index >= 15 is 0 Å². The molecule has 0 radical (unpaired) electrons. The number of hydrogen-bond donors (Lipinski definition) is 1. The highest BCUT2D eigenvalue weighted by Crippen LogP contribution is 2.23. The zero-order valence-corrected chi connectivity index (χ0v) is 11.5. The van der Waals surface area contributed by atoms with Crippen molar-refractivity contribution in [2.45, 2.75) is 13.0 Å². The van der Waals surface area contributed by atoms with Crippen molar-refractivity contribution in [3.8, 4) is 0 Å². The molecule has 0 bridgehead atoms. The molecule has 2 heterocycles. The van der Waals surface area contributed by atoms with Crippen LogP contribution < -0.4 is 5.73 Å². The minimum atomic E-state index is 0.0371. The van der Waals surface area contributed by atoms with Gasteiger partial charge in [0.05, 0.1) is 10.1 Å². The Kier molecular flexibility index (Phi) is 4.09. The summed E-state index contributed by atoms with van der Waals surface area (Å²) in [7, 11) is 0. The number of carbonyl (C=O) groups excluding carboxylic acids is 1. The normalized spacial score (nSPS) is 10.7. The van der Waals surface area contributed by atoms with Crippen molar-refractivity contribution < 1.29 is 4.79 Å². The third-order valence-electron chi connectivity index (χ3n) is 2.27. The van der Waals surface area contributed by atoms with Crippen LogP contribution in [0.1, 0.15) is 15.4 Å². The van der Waals surface area contributed by atoms with Crippen molar-refractivity contribution in [3.05, 3.63) is 39.0 Å². The molecule has 0 aliphatic heterocycles. The summed E-state index contributed by atoms with van der Waals surface area (Å²) >= 11 is 4.95. The number of aromatic nitrogens is 2. The number of carbonyl (C=O) groups is 1. The van der Waals surface area contributed by atoms with Crippen LogP contribution >= 0.6 is 27.3 Å². The number of ketones is 1. The number of thiophene rings is 1. The highest BCUT2D eigenvalue weighted by Gasteiger charge is 2.11. The lowest BCUT2D eigenvalue weighted by Gasteiger charge is -1.96. The minimum absolute atomic E-state index is 0.0371. The molecule has 2 N–H and O–H groups in total. The SMILES string of the molecule is NCCn1cnc(C(=O)Cc2ccc(Br)s2)c1.